The fraction of sp³-hybridized carbons (Fsp3) is 0.385. The van der Waals surface area contributed by atoms with Gasteiger partial charge in [-0.1, -0.05) is 11.6 Å². The molecule has 2 heterocycles. The van der Waals surface area contributed by atoms with Gasteiger partial charge in [0.25, 0.3) is 0 Å². The third-order valence-corrected chi connectivity index (χ3v) is 3.54. The second kappa shape index (κ2) is 5.38. The van der Waals surface area contributed by atoms with E-state index in [0.717, 1.165) is 19.6 Å². The van der Waals surface area contributed by atoms with Crippen LogP contribution in [-0.4, -0.2) is 40.9 Å². The molecule has 1 aromatic carbocycles. The minimum absolute atomic E-state index is 0.333. The lowest BCUT2D eigenvalue weighted by Crippen LogP contribution is -2.49. The molecule has 1 aliphatic rings. The molecule has 0 unspecified atom stereocenters. The molecule has 0 aliphatic carbocycles. The number of hydrogen-bond donors (Lipinski definition) is 2. The number of aromatic amines is 1. The summed E-state index contributed by atoms with van der Waals surface area (Å²) in [7, 11) is 0. The summed E-state index contributed by atoms with van der Waals surface area (Å²) in [6.07, 6.45) is 0. The molecular weight excluding hydrogens is 281 g/mol. The van der Waals surface area contributed by atoms with Crippen LogP contribution in [0.25, 0.3) is 11.4 Å². The molecular formula is C13H15ClFN5. The van der Waals surface area contributed by atoms with Gasteiger partial charge in [-0.2, -0.15) is 4.98 Å². The Kier molecular flexibility index (Phi) is 3.58. The Balaban J connectivity index is 1.88. The molecule has 0 bridgehead atoms. The van der Waals surface area contributed by atoms with Crippen molar-refractivity contribution in [2.75, 3.05) is 24.5 Å². The van der Waals surface area contributed by atoms with Crippen LogP contribution >= 0.6 is 11.6 Å². The minimum atomic E-state index is -0.370. The fourth-order valence-corrected chi connectivity index (χ4v) is 2.48. The van der Waals surface area contributed by atoms with E-state index in [0.29, 0.717) is 28.4 Å². The molecule has 2 aromatic rings. The van der Waals surface area contributed by atoms with Gasteiger partial charge < -0.3 is 10.2 Å². The van der Waals surface area contributed by atoms with Crippen LogP contribution in [0, 0.1) is 5.82 Å². The van der Waals surface area contributed by atoms with E-state index in [-0.39, 0.29) is 5.82 Å². The normalized spacial score (nSPS) is 19.4. The number of H-pyrrole nitrogens is 1. The lowest BCUT2D eigenvalue weighted by molar-refractivity contribution is 0.480. The molecule has 1 aliphatic heterocycles. The van der Waals surface area contributed by atoms with Crippen LogP contribution in [0.15, 0.2) is 18.2 Å². The second-order valence-electron chi connectivity index (χ2n) is 4.91. The van der Waals surface area contributed by atoms with Crippen molar-refractivity contribution < 1.29 is 4.39 Å². The highest BCUT2D eigenvalue weighted by Crippen LogP contribution is 2.24. The summed E-state index contributed by atoms with van der Waals surface area (Å²) in [5, 5.41) is 10.8. The first kappa shape index (κ1) is 13.3. The van der Waals surface area contributed by atoms with Crippen LogP contribution in [-0.2, 0) is 0 Å². The van der Waals surface area contributed by atoms with E-state index in [1.165, 1.54) is 12.1 Å². The Morgan fingerprint density at radius 3 is 3.10 bits per heavy atom. The molecule has 106 valence electrons. The van der Waals surface area contributed by atoms with Gasteiger partial charge >= 0.3 is 0 Å². The molecule has 1 atom stereocenters. The average molecular weight is 296 g/mol. The standard InChI is InChI=1S/C13H15ClFN5/c1-8-7-20(5-4-16-8)13-17-12(18-19-13)10-6-9(14)2-3-11(10)15/h2-3,6,8,16H,4-5,7H2,1H3,(H,17,18,19)/t8-/m0/s1. The van der Waals surface area contributed by atoms with E-state index >= 15 is 0 Å². The highest BCUT2D eigenvalue weighted by molar-refractivity contribution is 6.30. The molecule has 2 N–H and O–H groups in total. The molecule has 0 saturated carbocycles. The lowest BCUT2D eigenvalue weighted by atomic mass is 10.2. The van der Waals surface area contributed by atoms with Crippen LogP contribution in [0.5, 0.6) is 0 Å². The van der Waals surface area contributed by atoms with E-state index < -0.39 is 0 Å². The van der Waals surface area contributed by atoms with Gasteiger partial charge in [-0.3, -0.25) is 5.10 Å². The van der Waals surface area contributed by atoms with Crippen LogP contribution in [0.2, 0.25) is 5.02 Å². The number of nitrogens with one attached hydrogen (secondary N) is 2. The van der Waals surface area contributed by atoms with Gasteiger partial charge in [0, 0.05) is 30.7 Å². The van der Waals surface area contributed by atoms with Crippen molar-refractivity contribution >= 4 is 17.5 Å². The van der Waals surface area contributed by atoms with Crippen LogP contribution in [0.4, 0.5) is 10.3 Å². The Morgan fingerprint density at radius 1 is 1.45 bits per heavy atom. The fourth-order valence-electron chi connectivity index (χ4n) is 2.31. The molecule has 3 rings (SSSR count). The van der Waals surface area contributed by atoms with Crippen molar-refractivity contribution in [3.8, 4) is 11.4 Å². The number of aromatic nitrogens is 3. The zero-order chi connectivity index (χ0) is 14.1. The van der Waals surface area contributed by atoms with E-state index in [4.69, 9.17) is 11.6 Å². The number of piperazine rings is 1. The maximum atomic E-state index is 13.8. The van der Waals surface area contributed by atoms with Crippen molar-refractivity contribution in [2.45, 2.75) is 13.0 Å². The van der Waals surface area contributed by atoms with E-state index in [2.05, 4.69) is 32.3 Å². The topological polar surface area (TPSA) is 56.8 Å². The summed E-state index contributed by atoms with van der Waals surface area (Å²) in [5.74, 6) is 0.615. The number of anilines is 1. The van der Waals surface area contributed by atoms with Crippen molar-refractivity contribution in [2.24, 2.45) is 0 Å². The highest BCUT2D eigenvalue weighted by Gasteiger charge is 2.20. The van der Waals surface area contributed by atoms with Crippen LogP contribution in [0.3, 0.4) is 0 Å². The maximum Gasteiger partial charge on any atom is 0.245 e. The lowest BCUT2D eigenvalue weighted by Gasteiger charge is -2.30. The summed E-state index contributed by atoms with van der Waals surface area (Å²) >= 11 is 5.89. The van der Waals surface area contributed by atoms with Crippen molar-refractivity contribution in [1.29, 1.82) is 0 Å². The number of rotatable bonds is 2. The van der Waals surface area contributed by atoms with Gasteiger partial charge in [-0.05, 0) is 25.1 Å². The third-order valence-electron chi connectivity index (χ3n) is 3.31. The molecule has 0 spiro atoms. The average Bonchev–Trinajstić information content (AvgIpc) is 2.91. The quantitative estimate of drug-likeness (QED) is 0.890. The predicted molar refractivity (Wildman–Crippen MR) is 76.5 cm³/mol. The molecule has 7 heteroatoms. The van der Waals surface area contributed by atoms with Gasteiger partial charge in [-0.15, -0.1) is 5.10 Å². The van der Waals surface area contributed by atoms with Crippen molar-refractivity contribution in [3.05, 3.63) is 29.0 Å². The largest absolute Gasteiger partial charge is 0.337 e. The number of hydrogen-bond acceptors (Lipinski definition) is 4. The molecule has 20 heavy (non-hydrogen) atoms. The summed E-state index contributed by atoms with van der Waals surface area (Å²) < 4.78 is 13.8. The van der Waals surface area contributed by atoms with Gasteiger partial charge in [0.05, 0.1) is 5.56 Å². The number of benzene rings is 1. The van der Waals surface area contributed by atoms with Crippen LogP contribution < -0.4 is 10.2 Å². The summed E-state index contributed by atoms with van der Waals surface area (Å²) in [6, 6.07) is 4.76. The Morgan fingerprint density at radius 2 is 2.30 bits per heavy atom. The van der Waals surface area contributed by atoms with Crippen molar-refractivity contribution in [3.63, 3.8) is 0 Å². The SMILES string of the molecule is C[C@H]1CN(c2n[nH]c(-c3cc(Cl)ccc3F)n2)CCN1. The molecule has 1 aromatic heterocycles. The summed E-state index contributed by atoms with van der Waals surface area (Å²) in [6.45, 7) is 4.65. The van der Waals surface area contributed by atoms with Gasteiger partial charge in [0.1, 0.15) is 5.82 Å². The first-order chi connectivity index (χ1) is 9.63. The van der Waals surface area contributed by atoms with Crippen molar-refractivity contribution in [1.82, 2.24) is 20.5 Å². The van der Waals surface area contributed by atoms with E-state index in [1.54, 1.807) is 6.07 Å². The molecule has 1 fully saturated rings. The minimum Gasteiger partial charge on any atom is -0.337 e. The van der Waals surface area contributed by atoms with Gasteiger partial charge in [-0.25, -0.2) is 4.39 Å². The second-order valence-corrected chi connectivity index (χ2v) is 5.35. The summed E-state index contributed by atoms with van der Waals surface area (Å²) in [4.78, 5) is 6.45. The molecule has 5 nitrogen and oxygen atoms in total. The number of halogens is 2. The van der Waals surface area contributed by atoms with Gasteiger partial charge in [0.15, 0.2) is 5.82 Å². The zero-order valence-corrected chi connectivity index (χ0v) is 11.8. The molecule has 1 saturated heterocycles. The van der Waals surface area contributed by atoms with E-state index in [1.807, 2.05) is 0 Å². The predicted octanol–water partition coefficient (Wildman–Crippen LogP) is 2.06. The van der Waals surface area contributed by atoms with Crippen LogP contribution in [0.1, 0.15) is 6.92 Å². The van der Waals surface area contributed by atoms with Gasteiger partial charge in [0.2, 0.25) is 5.95 Å². The maximum absolute atomic E-state index is 13.8. The van der Waals surface area contributed by atoms with E-state index in [9.17, 15) is 4.39 Å². The monoisotopic (exact) mass is 295 g/mol. The Bertz CT molecular complexity index is 615. The zero-order valence-electron chi connectivity index (χ0n) is 11.0. The Labute approximate surface area is 121 Å². The third kappa shape index (κ3) is 2.62. The highest BCUT2D eigenvalue weighted by atomic mass is 35.5. The summed E-state index contributed by atoms with van der Waals surface area (Å²) in [5.41, 5.74) is 0.333. The molecule has 0 radical (unpaired) electrons. The first-order valence-electron chi connectivity index (χ1n) is 6.49. The Hall–Kier alpha value is -1.66. The number of nitrogens with zero attached hydrogens (tertiary/aromatic N) is 3. The smallest absolute Gasteiger partial charge is 0.245 e. The first-order valence-corrected chi connectivity index (χ1v) is 6.87. The molecule has 0 amide bonds.